The summed E-state index contributed by atoms with van der Waals surface area (Å²) in [6.07, 6.45) is 5.65. The summed E-state index contributed by atoms with van der Waals surface area (Å²) in [6, 6.07) is 28.3. The Labute approximate surface area is 211 Å². The number of imidazole rings is 1. The average molecular weight is 473 g/mol. The Kier molecular flexibility index (Phi) is 6.72. The normalized spacial score (nSPS) is 10.8. The molecule has 3 aromatic carbocycles. The van der Waals surface area contributed by atoms with Crippen molar-refractivity contribution in [2.75, 3.05) is 0 Å². The third-order valence-corrected chi connectivity index (χ3v) is 6.21. The van der Waals surface area contributed by atoms with Crippen LogP contribution in [0.3, 0.4) is 0 Å². The van der Waals surface area contributed by atoms with Crippen LogP contribution in [0.25, 0.3) is 22.6 Å². The van der Waals surface area contributed by atoms with Crippen LogP contribution in [0.15, 0.2) is 104 Å². The lowest BCUT2D eigenvalue weighted by Crippen LogP contribution is -2.22. The van der Waals surface area contributed by atoms with E-state index in [1.54, 1.807) is 12.4 Å². The van der Waals surface area contributed by atoms with Gasteiger partial charge in [0.1, 0.15) is 5.82 Å². The molecule has 0 saturated heterocycles. The number of nitrogens with zero attached hydrogens (tertiary/aromatic N) is 3. The highest BCUT2D eigenvalue weighted by Crippen LogP contribution is 2.26. The van der Waals surface area contributed by atoms with Crippen molar-refractivity contribution in [3.8, 4) is 22.6 Å². The maximum atomic E-state index is 12.6. The van der Waals surface area contributed by atoms with Crippen molar-refractivity contribution in [2.45, 2.75) is 26.9 Å². The predicted molar refractivity (Wildman–Crippen MR) is 144 cm³/mol. The number of carbonyl (C=O) groups is 1. The van der Waals surface area contributed by atoms with E-state index in [1.807, 2.05) is 48.5 Å². The van der Waals surface area contributed by atoms with E-state index in [-0.39, 0.29) is 5.91 Å². The van der Waals surface area contributed by atoms with E-state index in [0.29, 0.717) is 18.7 Å². The number of hydrogen-bond donors (Lipinski definition) is 1. The van der Waals surface area contributed by atoms with Crippen LogP contribution >= 0.6 is 0 Å². The van der Waals surface area contributed by atoms with Gasteiger partial charge in [0, 0.05) is 48.4 Å². The molecular formula is C31H28N4O. The summed E-state index contributed by atoms with van der Waals surface area (Å²) < 4.78 is 2.15. The molecule has 0 spiro atoms. The van der Waals surface area contributed by atoms with Crippen LogP contribution < -0.4 is 5.32 Å². The molecule has 0 saturated carbocycles. The quantitative estimate of drug-likeness (QED) is 0.306. The zero-order chi connectivity index (χ0) is 24.9. The number of aryl methyl sites for hydroxylation is 2. The van der Waals surface area contributed by atoms with E-state index < -0.39 is 0 Å². The molecule has 2 heterocycles. The number of carbonyl (C=O) groups excluding carboxylic acids is 1. The molecule has 0 aliphatic heterocycles. The highest BCUT2D eigenvalue weighted by atomic mass is 16.1. The fraction of sp³-hybridized carbons (Fsp3) is 0.129. The Bertz CT molecular complexity index is 1450. The average Bonchev–Trinajstić information content (AvgIpc) is 3.33. The van der Waals surface area contributed by atoms with Crippen molar-refractivity contribution in [1.29, 1.82) is 0 Å². The van der Waals surface area contributed by atoms with Crippen LogP contribution in [0.5, 0.6) is 0 Å². The van der Waals surface area contributed by atoms with Crippen molar-refractivity contribution in [1.82, 2.24) is 19.9 Å². The Morgan fingerprint density at radius 2 is 1.36 bits per heavy atom. The summed E-state index contributed by atoms with van der Waals surface area (Å²) in [4.78, 5) is 21.7. The van der Waals surface area contributed by atoms with Gasteiger partial charge in [0.05, 0.1) is 5.69 Å². The first-order chi connectivity index (χ1) is 17.5. The lowest BCUT2D eigenvalue weighted by molar-refractivity contribution is 0.0951. The van der Waals surface area contributed by atoms with Gasteiger partial charge in [-0.3, -0.25) is 9.78 Å². The van der Waals surface area contributed by atoms with Crippen molar-refractivity contribution >= 4 is 5.91 Å². The molecule has 36 heavy (non-hydrogen) atoms. The van der Waals surface area contributed by atoms with Crippen LogP contribution in [-0.4, -0.2) is 20.4 Å². The second-order valence-corrected chi connectivity index (χ2v) is 9.04. The minimum Gasteiger partial charge on any atom is -0.348 e. The summed E-state index contributed by atoms with van der Waals surface area (Å²) in [5.74, 6) is 0.803. The van der Waals surface area contributed by atoms with Crippen LogP contribution in [0.1, 0.15) is 32.6 Å². The third-order valence-electron chi connectivity index (χ3n) is 6.21. The number of hydrogen-bond acceptors (Lipinski definition) is 3. The van der Waals surface area contributed by atoms with Crippen LogP contribution in [-0.2, 0) is 13.1 Å². The first-order valence-electron chi connectivity index (χ1n) is 12.0. The molecule has 2 aromatic heterocycles. The molecule has 0 fully saturated rings. The lowest BCUT2D eigenvalue weighted by atomic mass is 10.1. The number of benzene rings is 3. The maximum absolute atomic E-state index is 12.6. The lowest BCUT2D eigenvalue weighted by Gasteiger charge is -2.09. The van der Waals surface area contributed by atoms with Gasteiger partial charge in [-0.05, 0) is 49.2 Å². The highest BCUT2D eigenvalue weighted by molar-refractivity contribution is 5.94. The van der Waals surface area contributed by atoms with Gasteiger partial charge in [0.25, 0.3) is 5.91 Å². The molecule has 0 bridgehead atoms. The van der Waals surface area contributed by atoms with Gasteiger partial charge in [-0.2, -0.15) is 0 Å². The fourth-order valence-corrected chi connectivity index (χ4v) is 4.08. The number of pyridine rings is 1. The van der Waals surface area contributed by atoms with Gasteiger partial charge < -0.3 is 9.88 Å². The van der Waals surface area contributed by atoms with Gasteiger partial charge in [-0.25, -0.2) is 4.98 Å². The molecule has 1 N–H and O–H groups in total. The maximum Gasteiger partial charge on any atom is 0.251 e. The molecule has 178 valence electrons. The zero-order valence-corrected chi connectivity index (χ0v) is 20.5. The molecule has 0 unspecified atom stereocenters. The van der Waals surface area contributed by atoms with E-state index in [4.69, 9.17) is 4.98 Å². The standard InChI is InChI=1S/C31H28N4O/c1-22-3-7-24(8-4-22)19-33-31(36)28-13-9-25(10-14-28)20-35-21-29(26-11-5-23(2)6-12-26)34-30(35)27-15-17-32-18-16-27/h3-18,21H,19-20H2,1-2H3,(H,33,36). The van der Waals surface area contributed by atoms with Gasteiger partial charge >= 0.3 is 0 Å². The number of rotatable bonds is 7. The van der Waals surface area contributed by atoms with E-state index >= 15 is 0 Å². The summed E-state index contributed by atoms with van der Waals surface area (Å²) >= 11 is 0. The molecule has 5 rings (SSSR count). The Balaban J connectivity index is 1.34. The topological polar surface area (TPSA) is 59.8 Å². The monoisotopic (exact) mass is 472 g/mol. The first kappa shape index (κ1) is 23.2. The summed E-state index contributed by atoms with van der Waals surface area (Å²) in [6.45, 7) is 5.28. The number of nitrogens with one attached hydrogen (secondary N) is 1. The van der Waals surface area contributed by atoms with Gasteiger partial charge in [-0.15, -0.1) is 0 Å². The zero-order valence-electron chi connectivity index (χ0n) is 20.5. The molecule has 0 atom stereocenters. The predicted octanol–water partition coefficient (Wildman–Crippen LogP) is 6.21. The van der Waals surface area contributed by atoms with Crippen LogP contribution in [0.4, 0.5) is 0 Å². The summed E-state index contributed by atoms with van der Waals surface area (Å²) in [7, 11) is 0. The highest BCUT2D eigenvalue weighted by Gasteiger charge is 2.13. The van der Waals surface area contributed by atoms with Crippen LogP contribution in [0.2, 0.25) is 0 Å². The van der Waals surface area contributed by atoms with Crippen molar-refractivity contribution < 1.29 is 4.79 Å². The van der Waals surface area contributed by atoms with Crippen LogP contribution in [0, 0.1) is 13.8 Å². The SMILES string of the molecule is Cc1ccc(CNC(=O)c2ccc(Cn3cc(-c4ccc(C)cc4)nc3-c3ccncc3)cc2)cc1. The molecule has 5 aromatic rings. The second-order valence-electron chi connectivity index (χ2n) is 9.04. The van der Waals surface area contributed by atoms with E-state index in [2.05, 4.69) is 71.3 Å². The van der Waals surface area contributed by atoms with E-state index in [1.165, 1.54) is 11.1 Å². The largest absolute Gasteiger partial charge is 0.348 e. The summed E-state index contributed by atoms with van der Waals surface area (Å²) in [5, 5.41) is 3.00. The van der Waals surface area contributed by atoms with Gasteiger partial charge in [0.2, 0.25) is 0 Å². The molecule has 0 aliphatic rings. The van der Waals surface area contributed by atoms with Gasteiger partial charge in [-0.1, -0.05) is 71.8 Å². The van der Waals surface area contributed by atoms with Crippen molar-refractivity contribution in [2.24, 2.45) is 0 Å². The molecule has 5 nitrogen and oxygen atoms in total. The second kappa shape index (κ2) is 10.4. The van der Waals surface area contributed by atoms with Gasteiger partial charge in [0.15, 0.2) is 0 Å². The third kappa shape index (κ3) is 5.41. The first-order valence-corrected chi connectivity index (χ1v) is 12.0. The molecule has 0 aliphatic carbocycles. The van der Waals surface area contributed by atoms with Crippen molar-refractivity contribution in [3.05, 3.63) is 131 Å². The molecule has 0 radical (unpaired) electrons. The van der Waals surface area contributed by atoms with E-state index in [9.17, 15) is 4.79 Å². The number of amides is 1. The van der Waals surface area contributed by atoms with E-state index in [0.717, 1.165) is 33.8 Å². The minimum absolute atomic E-state index is 0.0797. The summed E-state index contributed by atoms with van der Waals surface area (Å²) in [5.41, 5.74) is 8.25. The molecule has 1 amide bonds. The molecule has 5 heteroatoms. The Hall–Kier alpha value is -4.51. The van der Waals surface area contributed by atoms with Crippen molar-refractivity contribution in [3.63, 3.8) is 0 Å². The number of aromatic nitrogens is 3. The minimum atomic E-state index is -0.0797. The molecular weight excluding hydrogens is 444 g/mol. The Morgan fingerprint density at radius 3 is 2.03 bits per heavy atom. The Morgan fingerprint density at radius 1 is 0.750 bits per heavy atom. The smallest absolute Gasteiger partial charge is 0.251 e. The fourth-order valence-electron chi connectivity index (χ4n) is 4.08.